The third kappa shape index (κ3) is 2.35. The number of hydrazine groups is 1. The summed E-state index contributed by atoms with van der Waals surface area (Å²) in [4.78, 5) is 15.6. The number of hydrogen-bond acceptors (Lipinski definition) is 3. The number of likely N-dealkylation sites (tertiary alicyclic amines) is 1. The Morgan fingerprint density at radius 3 is 2.15 bits per heavy atom. The molecule has 3 saturated heterocycles. The minimum Gasteiger partial charge on any atom is -0.324 e. The summed E-state index contributed by atoms with van der Waals surface area (Å²) >= 11 is 0. The van der Waals surface area contributed by atoms with E-state index in [0.717, 1.165) is 12.8 Å². The molecule has 3 aliphatic heterocycles. The monoisotopic (exact) mass is 292 g/mol. The van der Waals surface area contributed by atoms with Crippen LogP contribution >= 0.6 is 0 Å². The molecule has 0 aromatic carbocycles. The number of nitrogens with two attached hydrogens (primary N) is 1. The summed E-state index contributed by atoms with van der Waals surface area (Å²) in [6.45, 7) is 1.22. The summed E-state index contributed by atoms with van der Waals surface area (Å²) in [7, 11) is 0. The van der Waals surface area contributed by atoms with Gasteiger partial charge in [0.2, 0.25) is 0 Å². The average Bonchev–Trinajstić information content (AvgIpc) is 2.92. The molecule has 2 bridgehead atoms. The first-order valence-electron chi connectivity index (χ1n) is 7.00. The first-order chi connectivity index (χ1) is 9.36. The van der Waals surface area contributed by atoms with E-state index < -0.39 is 12.1 Å². The number of fused-ring (bicyclic) bond motifs is 2. The third-order valence-corrected chi connectivity index (χ3v) is 4.65. The van der Waals surface area contributed by atoms with Crippen molar-refractivity contribution in [1.82, 2.24) is 14.8 Å². The SMILES string of the molecule is NN1CC2CCC(C1)N2C(=O)N1CCC(C(F)(F)F)C1. The molecular formula is C12H19F3N4O. The molecule has 0 saturated carbocycles. The molecule has 0 aromatic rings. The van der Waals surface area contributed by atoms with Gasteiger partial charge in [0.25, 0.3) is 0 Å². The molecule has 3 unspecified atom stereocenters. The molecule has 3 heterocycles. The molecule has 0 spiro atoms. The topological polar surface area (TPSA) is 52.8 Å². The Hall–Kier alpha value is -1.02. The van der Waals surface area contributed by atoms with Crippen LogP contribution in [0.15, 0.2) is 0 Å². The van der Waals surface area contributed by atoms with Crippen LogP contribution in [-0.2, 0) is 0 Å². The first kappa shape index (κ1) is 13.9. The Morgan fingerprint density at radius 2 is 1.65 bits per heavy atom. The second-order valence-corrected chi connectivity index (χ2v) is 6.00. The van der Waals surface area contributed by atoms with E-state index in [4.69, 9.17) is 5.84 Å². The standard InChI is InChI=1S/C12H19F3N4O/c13-12(14,15)8-3-4-17(5-8)11(20)19-9-1-2-10(19)7-18(16)6-9/h8-10H,1-7,16H2. The molecule has 2 N–H and O–H groups in total. The van der Waals surface area contributed by atoms with Crippen LogP contribution in [0.25, 0.3) is 0 Å². The zero-order valence-electron chi connectivity index (χ0n) is 11.1. The number of halogens is 3. The number of carbonyl (C=O) groups is 1. The quantitative estimate of drug-likeness (QED) is 0.678. The number of rotatable bonds is 0. The number of nitrogens with zero attached hydrogens (tertiary/aromatic N) is 3. The normalized spacial score (nSPS) is 34.9. The van der Waals surface area contributed by atoms with Crippen molar-refractivity contribution >= 4 is 6.03 Å². The predicted octanol–water partition coefficient (Wildman–Crippen LogP) is 1.01. The zero-order chi connectivity index (χ0) is 14.5. The third-order valence-electron chi connectivity index (χ3n) is 4.65. The number of urea groups is 1. The van der Waals surface area contributed by atoms with E-state index in [1.54, 1.807) is 9.91 Å². The smallest absolute Gasteiger partial charge is 0.324 e. The highest BCUT2D eigenvalue weighted by atomic mass is 19.4. The number of hydrogen-bond donors (Lipinski definition) is 1. The van der Waals surface area contributed by atoms with Crippen molar-refractivity contribution in [3.8, 4) is 0 Å². The number of alkyl halides is 3. The van der Waals surface area contributed by atoms with Gasteiger partial charge in [0.05, 0.1) is 5.92 Å². The van der Waals surface area contributed by atoms with Crippen molar-refractivity contribution in [2.24, 2.45) is 11.8 Å². The van der Waals surface area contributed by atoms with Gasteiger partial charge >= 0.3 is 12.2 Å². The molecule has 2 amide bonds. The van der Waals surface area contributed by atoms with Gasteiger partial charge in [-0.05, 0) is 19.3 Å². The van der Waals surface area contributed by atoms with Crippen molar-refractivity contribution < 1.29 is 18.0 Å². The van der Waals surface area contributed by atoms with Gasteiger partial charge in [-0.2, -0.15) is 13.2 Å². The lowest BCUT2D eigenvalue weighted by atomic mass is 10.1. The molecule has 3 fully saturated rings. The fourth-order valence-electron chi connectivity index (χ4n) is 3.61. The average molecular weight is 292 g/mol. The maximum Gasteiger partial charge on any atom is 0.393 e. The van der Waals surface area contributed by atoms with Gasteiger partial charge in [-0.25, -0.2) is 9.80 Å². The van der Waals surface area contributed by atoms with Gasteiger partial charge < -0.3 is 9.80 Å². The second-order valence-electron chi connectivity index (χ2n) is 6.00. The lowest BCUT2D eigenvalue weighted by molar-refractivity contribution is -0.170. The van der Waals surface area contributed by atoms with Crippen LogP contribution in [-0.4, -0.2) is 65.3 Å². The molecule has 0 aliphatic carbocycles. The molecule has 20 heavy (non-hydrogen) atoms. The Labute approximate surface area is 115 Å². The lowest BCUT2D eigenvalue weighted by Gasteiger charge is -2.40. The summed E-state index contributed by atoms with van der Waals surface area (Å²) < 4.78 is 38.0. The molecule has 114 valence electrons. The van der Waals surface area contributed by atoms with Crippen LogP contribution in [0.3, 0.4) is 0 Å². The van der Waals surface area contributed by atoms with E-state index in [9.17, 15) is 18.0 Å². The Morgan fingerprint density at radius 1 is 1.05 bits per heavy atom. The molecule has 5 nitrogen and oxygen atoms in total. The van der Waals surface area contributed by atoms with E-state index in [1.807, 2.05) is 0 Å². The highest BCUT2D eigenvalue weighted by Crippen LogP contribution is 2.36. The highest BCUT2D eigenvalue weighted by molar-refractivity contribution is 5.76. The highest BCUT2D eigenvalue weighted by Gasteiger charge is 2.48. The van der Waals surface area contributed by atoms with E-state index in [2.05, 4.69) is 0 Å². The zero-order valence-corrected chi connectivity index (χ0v) is 11.1. The van der Waals surface area contributed by atoms with Crippen LogP contribution in [0.4, 0.5) is 18.0 Å². The van der Waals surface area contributed by atoms with E-state index in [1.165, 1.54) is 4.90 Å². The van der Waals surface area contributed by atoms with Crippen molar-refractivity contribution in [3.05, 3.63) is 0 Å². The van der Waals surface area contributed by atoms with Gasteiger partial charge in [-0.15, -0.1) is 0 Å². The van der Waals surface area contributed by atoms with Gasteiger partial charge in [0, 0.05) is 38.3 Å². The minimum absolute atomic E-state index is 0.0153. The molecule has 8 heteroatoms. The van der Waals surface area contributed by atoms with Crippen molar-refractivity contribution in [2.45, 2.75) is 37.5 Å². The summed E-state index contributed by atoms with van der Waals surface area (Å²) in [5, 5.41) is 1.70. The predicted molar refractivity (Wildman–Crippen MR) is 65.5 cm³/mol. The van der Waals surface area contributed by atoms with Gasteiger partial charge in [0.15, 0.2) is 0 Å². The summed E-state index contributed by atoms with van der Waals surface area (Å²) in [6.07, 6.45) is -2.41. The van der Waals surface area contributed by atoms with Gasteiger partial charge in [-0.1, -0.05) is 0 Å². The molecule has 3 atom stereocenters. The van der Waals surface area contributed by atoms with E-state index >= 15 is 0 Å². The van der Waals surface area contributed by atoms with Gasteiger partial charge in [-0.3, -0.25) is 5.84 Å². The van der Waals surface area contributed by atoms with Crippen LogP contribution in [0, 0.1) is 5.92 Å². The number of amides is 2. The van der Waals surface area contributed by atoms with Gasteiger partial charge in [0.1, 0.15) is 0 Å². The Balaban J connectivity index is 1.66. The van der Waals surface area contributed by atoms with Crippen LogP contribution in [0.2, 0.25) is 0 Å². The van der Waals surface area contributed by atoms with Crippen LogP contribution in [0.1, 0.15) is 19.3 Å². The second kappa shape index (κ2) is 4.77. The Kier molecular flexibility index (Phi) is 3.32. The molecule has 0 aromatic heterocycles. The minimum atomic E-state index is -4.20. The molecule has 0 radical (unpaired) electrons. The first-order valence-corrected chi connectivity index (χ1v) is 7.00. The summed E-state index contributed by atoms with van der Waals surface area (Å²) in [5.74, 6) is 4.41. The summed E-state index contributed by atoms with van der Waals surface area (Å²) in [5.41, 5.74) is 0. The largest absolute Gasteiger partial charge is 0.393 e. The van der Waals surface area contributed by atoms with Crippen LogP contribution < -0.4 is 5.84 Å². The van der Waals surface area contributed by atoms with Crippen molar-refractivity contribution in [1.29, 1.82) is 0 Å². The maximum absolute atomic E-state index is 12.7. The number of carbonyl (C=O) groups excluding carboxylic acids is 1. The van der Waals surface area contributed by atoms with E-state index in [0.29, 0.717) is 13.1 Å². The maximum atomic E-state index is 12.7. The molecule has 3 rings (SSSR count). The fraction of sp³-hybridized carbons (Fsp3) is 0.917. The fourth-order valence-corrected chi connectivity index (χ4v) is 3.61. The number of piperazine rings is 1. The Bertz CT molecular complexity index is 389. The molecule has 3 aliphatic rings. The van der Waals surface area contributed by atoms with Crippen molar-refractivity contribution in [3.63, 3.8) is 0 Å². The van der Waals surface area contributed by atoms with Crippen LogP contribution in [0.5, 0.6) is 0 Å². The van der Waals surface area contributed by atoms with Crippen molar-refractivity contribution in [2.75, 3.05) is 26.2 Å². The summed E-state index contributed by atoms with van der Waals surface area (Å²) in [6, 6.07) is -0.135. The van der Waals surface area contributed by atoms with E-state index in [-0.39, 0.29) is 37.6 Å². The molecular weight excluding hydrogens is 273 g/mol. The lowest BCUT2D eigenvalue weighted by Crippen LogP contribution is -2.60.